The second-order valence-electron chi connectivity index (χ2n) is 6.30. The number of carbonyl (C=O) groups excluding carboxylic acids is 1. The summed E-state index contributed by atoms with van der Waals surface area (Å²) in [6, 6.07) is 6.76. The summed E-state index contributed by atoms with van der Waals surface area (Å²) >= 11 is 0. The van der Waals surface area contributed by atoms with Crippen LogP contribution in [0.4, 0.5) is 0 Å². The molecule has 1 saturated heterocycles. The summed E-state index contributed by atoms with van der Waals surface area (Å²) in [5.41, 5.74) is 0.593. The lowest BCUT2D eigenvalue weighted by Gasteiger charge is -2.35. The zero-order valence-electron chi connectivity index (χ0n) is 12.9. The highest BCUT2D eigenvalue weighted by Crippen LogP contribution is 2.23. The Morgan fingerprint density at radius 2 is 1.76 bits per heavy atom. The minimum atomic E-state index is -3.30. The van der Waals surface area contributed by atoms with E-state index in [1.165, 1.54) is 6.26 Å². The standard InChI is InChI=1S/C16H23NO3S/c1-12-8-13(2)11-17(10-12)16(18)9-14-6-4-5-7-15(14)21(3,19)20/h4-7,12-13H,8-11H2,1-3H3. The van der Waals surface area contributed by atoms with Crippen molar-refractivity contribution in [1.82, 2.24) is 4.90 Å². The number of hydrogen-bond donors (Lipinski definition) is 0. The topological polar surface area (TPSA) is 54.5 Å². The number of piperidine rings is 1. The maximum Gasteiger partial charge on any atom is 0.227 e. The Morgan fingerprint density at radius 3 is 2.33 bits per heavy atom. The van der Waals surface area contributed by atoms with Crippen LogP contribution in [0.2, 0.25) is 0 Å². The number of hydrogen-bond acceptors (Lipinski definition) is 3. The second-order valence-corrected chi connectivity index (χ2v) is 8.29. The average molecular weight is 309 g/mol. The van der Waals surface area contributed by atoms with E-state index in [1.54, 1.807) is 24.3 Å². The van der Waals surface area contributed by atoms with Crippen LogP contribution in [0.3, 0.4) is 0 Å². The van der Waals surface area contributed by atoms with Crippen LogP contribution in [0, 0.1) is 11.8 Å². The van der Waals surface area contributed by atoms with Gasteiger partial charge in [0.15, 0.2) is 9.84 Å². The number of likely N-dealkylation sites (tertiary alicyclic amines) is 1. The van der Waals surface area contributed by atoms with E-state index in [9.17, 15) is 13.2 Å². The fourth-order valence-electron chi connectivity index (χ4n) is 3.15. The number of nitrogens with zero attached hydrogens (tertiary/aromatic N) is 1. The summed E-state index contributed by atoms with van der Waals surface area (Å²) in [7, 11) is -3.30. The summed E-state index contributed by atoms with van der Waals surface area (Å²) in [6.45, 7) is 5.84. The fraction of sp³-hybridized carbons (Fsp3) is 0.562. The van der Waals surface area contributed by atoms with Crippen molar-refractivity contribution in [1.29, 1.82) is 0 Å². The lowest BCUT2D eigenvalue weighted by Crippen LogP contribution is -2.43. The predicted octanol–water partition coefficient (Wildman–Crippen LogP) is 2.14. The van der Waals surface area contributed by atoms with E-state index in [-0.39, 0.29) is 17.2 Å². The summed E-state index contributed by atoms with van der Waals surface area (Å²) in [5.74, 6) is 1.02. The maximum atomic E-state index is 12.5. The first-order valence-corrected chi connectivity index (χ1v) is 9.22. The number of benzene rings is 1. The predicted molar refractivity (Wildman–Crippen MR) is 82.8 cm³/mol. The van der Waals surface area contributed by atoms with Crippen LogP contribution < -0.4 is 0 Å². The van der Waals surface area contributed by atoms with Gasteiger partial charge in [-0.15, -0.1) is 0 Å². The first-order valence-electron chi connectivity index (χ1n) is 7.33. The van der Waals surface area contributed by atoms with Gasteiger partial charge < -0.3 is 4.90 Å². The molecule has 1 heterocycles. The van der Waals surface area contributed by atoms with Crippen molar-refractivity contribution in [2.45, 2.75) is 31.6 Å². The molecule has 1 aromatic rings. The van der Waals surface area contributed by atoms with E-state index in [0.717, 1.165) is 19.5 Å². The lowest BCUT2D eigenvalue weighted by atomic mass is 9.91. The van der Waals surface area contributed by atoms with E-state index in [4.69, 9.17) is 0 Å². The van der Waals surface area contributed by atoms with Gasteiger partial charge in [0.2, 0.25) is 5.91 Å². The van der Waals surface area contributed by atoms with Crippen molar-refractivity contribution in [3.63, 3.8) is 0 Å². The van der Waals surface area contributed by atoms with E-state index in [2.05, 4.69) is 13.8 Å². The molecule has 0 saturated carbocycles. The molecule has 1 fully saturated rings. The number of sulfone groups is 1. The molecule has 0 aromatic heterocycles. The Hall–Kier alpha value is -1.36. The molecular formula is C16H23NO3S. The Bertz CT molecular complexity index is 614. The summed E-state index contributed by atoms with van der Waals surface area (Å²) in [5, 5.41) is 0. The van der Waals surface area contributed by atoms with Crippen LogP contribution in [-0.4, -0.2) is 38.6 Å². The fourth-order valence-corrected chi connectivity index (χ4v) is 4.10. The van der Waals surface area contributed by atoms with E-state index < -0.39 is 9.84 Å². The maximum absolute atomic E-state index is 12.5. The SMILES string of the molecule is CC1CC(C)CN(C(=O)Cc2ccccc2S(C)(=O)=O)C1. The van der Waals surface area contributed by atoms with Crippen molar-refractivity contribution in [3.05, 3.63) is 29.8 Å². The summed E-state index contributed by atoms with van der Waals surface area (Å²) in [4.78, 5) is 14.6. The van der Waals surface area contributed by atoms with Gasteiger partial charge in [-0.3, -0.25) is 4.79 Å². The number of amides is 1. The minimum absolute atomic E-state index is 0.0181. The van der Waals surface area contributed by atoms with E-state index in [1.807, 2.05) is 4.90 Å². The molecule has 2 unspecified atom stereocenters. The van der Waals surface area contributed by atoms with Crippen molar-refractivity contribution in [2.75, 3.05) is 19.3 Å². The lowest BCUT2D eigenvalue weighted by molar-refractivity contribution is -0.133. The van der Waals surface area contributed by atoms with Crippen LogP contribution in [0.15, 0.2) is 29.2 Å². The third-order valence-corrected chi connectivity index (χ3v) is 5.13. The highest BCUT2D eigenvalue weighted by atomic mass is 32.2. The molecule has 0 N–H and O–H groups in total. The van der Waals surface area contributed by atoms with Gasteiger partial charge in [0, 0.05) is 19.3 Å². The van der Waals surface area contributed by atoms with Gasteiger partial charge in [0.25, 0.3) is 0 Å². The highest BCUT2D eigenvalue weighted by molar-refractivity contribution is 7.90. The Balaban J connectivity index is 2.17. The van der Waals surface area contributed by atoms with Crippen LogP contribution in [-0.2, 0) is 21.1 Å². The van der Waals surface area contributed by atoms with Crippen LogP contribution in [0.1, 0.15) is 25.8 Å². The van der Waals surface area contributed by atoms with E-state index >= 15 is 0 Å². The van der Waals surface area contributed by atoms with Gasteiger partial charge in [0.05, 0.1) is 11.3 Å². The van der Waals surface area contributed by atoms with Gasteiger partial charge in [-0.25, -0.2) is 8.42 Å². The molecule has 4 nitrogen and oxygen atoms in total. The first-order chi connectivity index (χ1) is 9.77. The molecular weight excluding hydrogens is 286 g/mol. The number of carbonyl (C=O) groups is 1. The molecule has 2 rings (SSSR count). The monoisotopic (exact) mass is 309 g/mol. The van der Waals surface area contributed by atoms with Crippen LogP contribution in [0.25, 0.3) is 0 Å². The van der Waals surface area contributed by atoms with Crippen molar-refractivity contribution in [2.24, 2.45) is 11.8 Å². The molecule has 116 valence electrons. The molecule has 1 aliphatic rings. The zero-order chi connectivity index (χ0) is 15.6. The van der Waals surface area contributed by atoms with Crippen molar-refractivity contribution >= 4 is 15.7 Å². The van der Waals surface area contributed by atoms with Gasteiger partial charge in [-0.1, -0.05) is 32.0 Å². The zero-order valence-corrected chi connectivity index (χ0v) is 13.7. The molecule has 21 heavy (non-hydrogen) atoms. The van der Waals surface area contributed by atoms with Gasteiger partial charge >= 0.3 is 0 Å². The summed E-state index contributed by atoms with van der Waals surface area (Å²) < 4.78 is 23.6. The van der Waals surface area contributed by atoms with Crippen molar-refractivity contribution in [3.8, 4) is 0 Å². The Morgan fingerprint density at radius 1 is 1.19 bits per heavy atom. The molecule has 1 amide bonds. The molecule has 2 atom stereocenters. The third kappa shape index (κ3) is 4.06. The van der Waals surface area contributed by atoms with Gasteiger partial charge in [-0.2, -0.15) is 0 Å². The Kier molecular flexibility index (Phi) is 4.71. The van der Waals surface area contributed by atoms with Crippen LogP contribution >= 0.6 is 0 Å². The third-order valence-electron chi connectivity index (χ3n) is 3.94. The second kappa shape index (κ2) is 6.18. The van der Waals surface area contributed by atoms with Gasteiger partial charge in [0.1, 0.15) is 0 Å². The molecule has 1 aromatic carbocycles. The van der Waals surface area contributed by atoms with Gasteiger partial charge in [-0.05, 0) is 29.9 Å². The highest BCUT2D eigenvalue weighted by Gasteiger charge is 2.26. The smallest absolute Gasteiger partial charge is 0.227 e. The molecule has 0 bridgehead atoms. The average Bonchev–Trinajstić information content (AvgIpc) is 2.37. The van der Waals surface area contributed by atoms with E-state index in [0.29, 0.717) is 17.4 Å². The minimum Gasteiger partial charge on any atom is -0.342 e. The van der Waals surface area contributed by atoms with Crippen LogP contribution in [0.5, 0.6) is 0 Å². The molecule has 0 spiro atoms. The first kappa shape index (κ1) is 16.0. The van der Waals surface area contributed by atoms with Crippen molar-refractivity contribution < 1.29 is 13.2 Å². The number of rotatable bonds is 3. The molecule has 0 aliphatic carbocycles. The quantitative estimate of drug-likeness (QED) is 0.859. The Labute approximate surface area is 127 Å². The normalized spacial score (nSPS) is 23.1. The largest absolute Gasteiger partial charge is 0.342 e. The molecule has 5 heteroatoms. The summed E-state index contributed by atoms with van der Waals surface area (Å²) in [6.07, 6.45) is 2.48. The molecule has 0 radical (unpaired) electrons. The molecule has 1 aliphatic heterocycles.